The molecule has 1 aromatic carbocycles. The minimum absolute atomic E-state index is 0.145. The van der Waals surface area contributed by atoms with E-state index in [2.05, 4.69) is 9.73 Å². The van der Waals surface area contributed by atoms with Crippen molar-refractivity contribution in [2.45, 2.75) is 13.3 Å². The normalized spacial score (nSPS) is 12.4. The number of aliphatic imine (C=N–C) groups is 1. The summed E-state index contributed by atoms with van der Waals surface area (Å²) in [5.41, 5.74) is 7.52. The van der Waals surface area contributed by atoms with Crippen molar-refractivity contribution < 1.29 is 13.9 Å². The largest absolute Gasteiger partial charge is 0.465 e. The second-order valence-corrected chi connectivity index (χ2v) is 3.84. The number of nitrogens with zero attached hydrogens (tertiary/aromatic N) is 1. The molecule has 1 rings (SSSR count). The highest BCUT2D eigenvalue weighted by Crippen LogP contribution is 2.16. The Morgan fingerprint density at radius 1 is 1.42 bits per heavy atom. The van der Waals surface area contributed by atoms with Gasteiger partial charge >= 0.3 is 5.97 Å². The van der Waals surface area contributed by atoms with Gasteiger partial charge in [0.1, 0.15) is 5.82 Å². The predicted octanol–water partition coefficient (Wildman–Crippen LogP) is 2.28. The minimum Gasteiger partial charge on any atom is -0.465 e. The van der Waals surface area contributed by atoms with Crippen LogP contribution in [0.5, 0.6) is 0 Å². The molecule has 0 aromatic heterocycles. The van der Waals surface area contributed by atoms with Crippen LogP contribution in [0.4, 0.5) is 4.39 Å². The number of rotatable bonds is 4. The summed E-state index contributed by atoms with van der Waals surface area (Å²) < 4.78 is 18.2. The van der Waals surface area contributed by atoms with Gasteiger partial charge in [0.2, 0.25) is 0 Å². The van der Waals surface area contributed by atoms with Crippen molar-refractivity contribution in [3.05, 3.63) is 46.9 Å². The number of hydrogen-bond donors (Lipinski definition) is 1. The van der Waals surface area contributed by atoms with Gasteiger partial charge in [-0.2, -0.15) is 0 Å². The number of halogens is 1. The molecule has 0 saturated heterocycles. The van der Waals surface area contributed by atoms with E-state index in [-0.39, 0.29) is 5.56 Å². The lowest BCUT2D eigenvalue weighted by Crippen LogP contribution is -2.10. The van der Waals surface area contributed by atoms with E-state index in [1.54, 1.807) is 7.05 Å². The molecule has 0 fully saturated rings. The molecule has 0 atom stereocenters. The van der Waals surface area contributed by atoms with Crippen LogP contribution in [0.3, 0.4) is 0 Å². The first kappa shape index (κ1) is 14.9. The highest BCUT2D eigenvalue weighted by Gasteiger charge is 2.14. The Morgan fingerprint density at radius 2 is 2.05 bits per heavy atom. The average molecular weight is 264 g/mol. The third kappa shape index (κ3) is 3.40. The van der Waals surface area contributed by atoms with E-state index in [9.17, 15) is 9.18 Å². The van der Waals surface area contributed by atoms with E-state index in [1.165, 1.54) is 25.4 Å². The molecule has 0 radical (unpaired) electrons. The molecule has 0 spiro atoms. The van der Waals surface area contributed by atoms with Crippen molar-refractivity contribution in [3.8, 4) is 0 Å². The summed E-state index contributed by atoms with van der Waals surface area (Å²) in [4.78, 5) is 15.6. The molecule has 0 saturated carbocycles. The van der Waals surface area contributed by atoms with Gasteiger partial charge in [0.15, 0.2) is 0 Å². The van der Waals surface area contributed by atoms with E-state index in [0.717, 1.165) is 11.6 Å². The summed E-state index contributed by atoms with van der Waals surface area (Å²) >= 11 is 0. The van der Waals surface area contributed by atoms with Crippen LogP contribution < -0.4 is 5.73 Å². The second kappa shape index (κ2) is 6.68. The summed E-state index contributed by atoms with van der Waals surface area (Å²) in [5, 5.41) is 0. The van der Waals surface area contributed by atoms with Crippen LogP contribution in [0.15, 0.2) is 35.0 Å². The van der Waals surface area contributed by atoms with Gasteiger partial charge in [-0.05, 0) is 36.4 Å². The summed E-state index contributed by atoms with van der Waals surface area (Å²) in [6.45, 7) is 1.92. The van der Waals surface area contributed by atoms with E-state index in [4.69, 9.17) is 5.73 Å². The Kier molecular flexibility index (Phi) is 5.23. The molecule has 0 aliphatic heterocycles. The average Bonchev–Trinajstić information content (AvgIpc) is 2.42. The Bertz CT molecular complexity index is 536. The fourth-order valence-corrected chi connectivity index (χ4v) is 1.78. The fourth-order valence-electron chi connectivity index (χ4n) is 1.78. The predicted molar refractivity (Wildman–Crippen MR) is 72.8 cm³/mol. The molecule has 0 heterocycles. The van der Waals surface area contributed by atoms with Crippen LogP contribution in [0.25, 0.3) is 0 Å². The first-order valence-corrected chi connectivity index (χ1v) is 5.84. The standard InChI is InChI=1S/C14H17FN2O2/c1-4-9(8-16)13(17-2)10-5-11(14(18)19-3)7-12(15)6-10/h5-8H,4,16H2,1-3H3. The van der Waals surface area contributed by atoms with Gasteiger partial charge < -0.3 is 10.5 Å². The zero-order valence-electron chi connectivity index (χ0n) is 11.2. The highest BCUT2D eigenvalue weighted by atomic mass is 19.1. The number of benzene rings is 1. The number of carbonyl (C=O) groups excluding carboxylic acids is 1. The van der Waals surface area contributed by atoms with Gasteiger partial charge in [0, 0.05) is 12.6 Å². The molecule has 0 aliphatic rings. The fraction of sp³-hybridized carbons (Fsp3) is 0.286. The second-order valence-electron chi connectivity index (χ2n) is 3.84. The van der Waals surface area contributed by atoms with Gasteiger partial charge in [-0.15, -0.1) is 0 Å². The lowest BCUT2D eigenvalue weighted by atomic mass is 9.99. The van der Waals surface area contributed by atoms with E-state index < -0.39 is 11.8 Å². The monoisotopic (exact) mass is 264 g/mol. The topological polar surface area (TPSA) is 64.7 Å². The third-order valence-electron chi connectivity index (χ3n) is 2.70. The number of ether oxygens (including phenoxy) is 1. The Hall–Kier alpha value is -2.17. The first-order chi connectivity index (χ1) is 9.07. The molecule has 5 heteroatoms. The van der Waals surface area contributed by atoms with Gasteiger partial charge in [-0.25, -0.2) is 9.18 Å². The maximum atomic E-state index is 13.6. The number of hydrogen-bond acceptors (Lipinski definition) is 4. The van der Waals surface area contributed by atoms with Crippen LogP contribution in [-0.2, 0) is 4.74 Å². The molecule has 102 valence electrons. The molecule has 4 nitrogen and oxygen atoms in total. The van der Waals surface area contributed by atoms with Crippen molar-refractivity contribution in [2.75, 3.05) is 14.2 Å². The number of methoxy groups -OCH3 is 1. The van der Waals surface area contributed by atoms with Crippen LogP contribution in [0, 0.1) is 5.82 Å². The quantitative estimate of drug-likeness (QED) is 0.670. The van der Waals surface area contributed by atoms with Gasteiger partial charge in [-0.1, -0.05) is 6.92 Å². The number of carbonyl (C=O) groups is 1. The third-order valence-corrected chi connectivity index (χ3v) is 2.70. The van der Waals surface area contributed by atoms with Crippen molar-refractivity contribution in [1.82, 2.24) is 0 Å². The van der Waals surface area contributed by atoms with Crippen LogP contribution >= 0.6 is 0 Å². The summed E-state index contributed by atoms with van der Waals surface area (Å²) in [6, 6.07) is 3.98. The molecular formula is C14H17FN2O2. The minimum atomic E-state index is -0.592. The van der Waals surface area contributed by atoms with Crippen LogP contribution in [0.1, 0.15) is 29.3 Å². The van der Waals surface area contributed by atoms with Crippen molar-refractivity contribution in [3.63, 3.8) is 0 Å². The smallest absolute Gasteiger partial charge is 0.337 e. The Balaban J connectivity index is 3.34. The molecule has 1 aromatic rings. The van der Waals surface area contributed by atoms with Crippen molar-refractivity contribution in [1.29, 1.82) is 0 Å². The van der Waals surface area contributed by atoms with Crippen LogP contribution in [-0.4, -0.2) is 25.8 Å². The molecule has 0 aliphatic carbocycles. The van der Waals surface area contributed by atoms with Crippen molar-refractivity contribution >= 4 is 11.7 Å². The SMILES string of the molecule is CCC(=CN)C(=NC)c1cc(F)cc(C(=O)OC)c1. The maximum Gasteiger partial charge on any atom is 0.337 e. The summed E-state index contributed by atoms with van der Waals surface area (Å²) in [5.74, 6) is -1.11. The maximum absolute atomic E-state index is 13.6. The Morgan fingerprint density at radius 3 is 2.53 bits per heavy atom. The zero-order chi connectivity index (χ0) is 14.4. The lowest BCUT2D eigenvalue weighted by Gasteiger charge is -2.10. The number of esters is 1. The van der Waals surface area contributed by atoms with Gasteiger partial charge in [0.25, 0.3) is 0 Å². The molecule has 19 heavy (non-hydrogen) atoms. The molecule has 0 amide bonds. The molecular weight excluding hydrogens is 247 g/mol. The number of nitrogens with two attached hydrogens (primary N) is 1. The molecule has 0 bridgehead atoms. The number of allylic oxidation sites excluding steroid dienone is 1. The zero-order valence-corrected chi connectivity index (χ0v) is 11.2. The van der Waals surface area contributed by atoms with Crippen molar-refractivity contribution in [2.24, 2.45) is 10.7 Å². The molecule has 2 N–H and O–H groups in total. The lowest BCUT2D eigenvalue weighted by molar-refractivity contribution is 0.0600. The first-order valence-electron chi connectivity index (χ1n) is 5.84. The van der Waals surface area contributed by atoms with E-state index in [0.29, 0.717) is 17.7 Å². The highest BCUT2D eigenvalue weighted by molar-refractivity contribution is 6.13. The van der Waals surface area contributed by atoms with E-state index >= 15 is 0 Å². The Labute approximate surface area is 111 Å². The molecule has 0 unspecified atom stereocenters. The van der Waals surface area contributed by atoms with Gasteiger partial charge in [-0.3, -0.25) is 4.99 Å². The summed E-state index contributed by atoms with van der Waals surface area (Å²) in [7, 11) is 2.84. The van der Waals surface area contributed by atoms with Crippen LogP contribution in [0.2, 0.25) is 0 Å². The van der Waals surface area contributed by atoms with E-state index in [1.807, 2.05) is 6.92 Å². The summed E-state index contributed by atoms with van der Waals surface area (Å²) in [6.07, 6.45) is 2.10. The van der Waals surface area contributed by atoms with Gasteiger partial charge in [0.05, 0.1) is 18.4 Å².